The molecule has 6 aromatic carbocycles. The van der Waals surface area contributed by atoms with E-state index >= 15 is 0 Å². The summed E-state index contributed by atoms with van der Waals surface area (Å²) in [4.78, 5) is 0. The quantitative estimate of drug-likeness (QED) is 0.247. The van der Waals surface area contributed by atoms with E-state index in [1.165, 1.54) is 49.6 Å². The Hall–Kier alpha value is -5.08. The van der Waals surface area contributed by atoms with Crippen molar-refractivity contribution in [3.8, 4) is 39.1 Å². The van der Waals surface area contributed by atoms with Crippen molar-refractivity contribution in [2.24, 2.45) is 0 Å². The lowest BCUT2D eigenvalue weighted by Gasteiger charge is -2.15. The summed E-state index contributed by atoms with van der Waals surface area (Å²) in [5.74, 6) is 0. The first-order valence-corrected chi connectivity index (χ1v) is 12.9. The maximum absolute atomic E-state index is 6.04. The highest BCUT2D eigenvalue weighted by Gasteiger charge is 2.14. The molecule has 0 bridgehead atoms. The molecule has 0 amide bonds. The van der Waals surface area contributed by atoms with Crippen molar-refractivity contribution in [1.82, 2.24) is 4.57 Å². The second kappa shape index (κ2) is 9.10. The molecule has 2 N–H and O–H groups in total. The van der Waals surface area contributed by atoms with E-state index in [4.69, 9.17) is 5.73 Å². The molecular weight excluding hydrogens is 460 g/mol. The molecule has 0 spiro atoms. The first kappa shape index (κ1) is 22.1. The van der Waals surface area contributed by atoms with Crippen LogP contribution < -0.4 is 5.73 Å². The van der Waals surface area contributed by atoms with Crippen LogP contribution in [0.4, 0.5) is 5.69 Å². The van der Waals surface area contributed by atoms with E-state index in [0.717, 1.165) is 16.9 Å². The van der Waals surface area contributed by atoms with Crippen LogP contribution in [0.15, 0.2) is 146 Å². The van der Waals surface area contributed by atoms with Crippen LogP contribution >= 0.6 is 0 Å². The summed E-state index contributed by atoms with van der Waals surface area (Å²) < 4.78 is 2.37. The number of aromatic nitrogens is 1. The molecule has 2 heteroatoms. The Kier molecular flexibility index (Phi) is 5.30. The van der Waals surface area contributed by atoms with Gasteiger partial charge in [0.05, 0.1) is 11.0 Å². The number of nitrogens with two attached hydrogens (primary N) is 1. The van der Waals surface area contributed by atoms with E-state index in [9.17, 15) is 0 Å². The number of para-hydroxylation sites is 2. The first-order chi connectivity index (χ1) is 18.8. The van der Waals surface area contributed by atoms with Gasteiger partial charge in [0, 0.05) is 22.1 Å². The molecule has 1 heterocycles. The predicted molar refractivity (Wildman–Crippen MR) is 162 cm³/mol. The van der Waals surface area contributed by atoms with Crippen LogP contribution in [-0.4, -0.2) is 4.57 Å². The van der Waals surface area contributed by atoms with Gasteiger partial charge in [0.15, 0.2) is 0 Å². The van der Waals surface area contributed by atoms with Crippen molar-refractivity contribution < 1.29 is 0 Å². The van der Waals surface area contributed by atoms with E-state index in [1.54, 1.807) is 0 Å². The Morgan fingerprint density at radius 2 is 1.00 bits per heavy atom. The van der Waals surface area contributed by atoms with Crippen molar-refractivity contribution in [1.29, 1.82) is 0 Å². The van der Waals surface area contributed by atoms with Crippen LogP contribution in [0.1, 0.15) is 0 Å². The summed E-state index contributed by atoms with van der Waals surface area (Å²) in [6, 6.07) is 51.6. The van der Waals surface area contributed by atoms with Gasteiger partial charge in [-0.05, 0) is 75.8 Å². The predicted octanol–water partition coefficient (Wildman–Crippen LogP) is 9.37. The van der Waals surface area contributed by atoms with Gasteiger partial charge in [-0.3, -0.25) is 0 Å². The summed E-state index contributed by atoms with van der Waals surface area (Å²) in [6.07, 6.45) is 0. The number of hydrogen-bond acceptors (Lipinski definition) is 1. The van der Waals surface area contributed by atoms with Gasteiger partial charge in [-0.15, -0.1) is 0 Å². The lowest BCUT2D eigenvalue weighted by molar-refractivity contribution is 1.18. The highest BCUT2D eigenvalue weighted by molar-refractivity contribution is 6.09. The van der Waals surface area contributed by atoms with E-state index in [1.807, 2.05) is 12.1 Å². The lowest BCUT2D eigenvalue weighted by Crippen LogP contribution is -1.95. The summed E-state index contributed by atoms with van der Waals surface area (Å²) in [5, 5.41) is 2.53. The number of benzene rings is 6. The van der Waals surface area contributed by atoms with Crippen LogP contribution in [0.3, 0.4) is 0 Å². The second-order valence-electron chi connectivity index (χ2n) is 9.67. The highest BCUT2D eigenvalue weighted by Crippen LogP contribution is 2.38. The Bertz CT molecular complexity index is 1860. The van der Waals surface area contributed by atoms with E-state index in [-0.39, 0.29) is 0 Å². The zero-order valence-corrected chi connectivity index (χ0v) is 20.9. The fraction of sp³-hybridized carbons (Fsp3) is 0. The zero-order valence-electron chi connectivity index (χ0n) is 20.9. The van der Waals surface area contributed by atoms with Gasteiger partial charge in [-0.1, -0.05) is 103 Å². The van der Waals surface area contributed by atoms with E-state index in [0.29, 0.717) is 0 Å². The molecule has 7 aromatic rings. The Morgan fingerprint density at radius 1 is 0.395 bits per heavy atom. The zero-order chi connectivity index (χ0) is 25.5. The molecule has 7 rings (SSSR count). The number of fused-ring (bicyclic) bond motifs is 3. The minimum atomic E-state index is 0.767. The standard InChI is InChI=1S/C36H26N2/c37-29-20-17-26(18-21-29)34-24-27(25-9-2-1-3-10-25)19-22-31(34)28-11-8-12-30(23-28)38-35-15-6-4-13-32(35)33-14-5-7-16-36(33)38/h1-24H,37H2. The normalized spacial score (nSPS) is 11.3. The monoisotopic (exact) mass is 486 g/mol. The number of nitrogen functional groups attached to an aromatic ring is 1. The van der Waals surface area contributed by atoms with Gasteiger partial charge in [-0.2, -0.15) is 0 Å². The number of rotatable bonds is 4. The third-order valence-corrected chi connectivity index (χ3v) is 7.34. The molecule has 180 valence electrons. The Morgan fingerprint density at radius 3 is 1.71 bits per heavy atom. The van der Waals surface area contributed by atoms with Gasteiger partial charge < -0.3 is 10.3 Å². The minimum Gasteiger partial charge on any atom is -0.399 e. The fourth-order valence-corrected chi connectivity index (χ4v) is 5.52. The Labute approximate surface area is 222 Å². The maximum Gasteiger partial charge on any atom is 0.0541 e. The van der Waals surface area contributed by atoms with Crippen LogP contribution in [0, 0.1) is 0 Å². The first-order valence-electron chi connectivity index (χ1n) is 12.9. The van der Waals surface area contributed by atoms with Gasteiger partial charge in [0.25, 0.3) is 0 Å². The molecule has 38 heavy (non-hydrogen) atoms. The molecule has 0 unspecified atom stereocenters. The van der Waals surface area contributed by atoms with Crippen molar-refractivity contribution in [2.75, 3.05) is 5.73 Å². The van der Waals surface area contributed by atoms with Crippen LogP contribution in [0.5, 0.6) is 0 Å². The molecule has 0 radical (unpaired) electrons. The highest BCUT2D eigenvalue weighted by atomic mass is 15.0. The molecule has 0 aliphatic heterocycles. The van der Waals surface area contributed by atoms with Gasteiger partial charge in [0.2, 0.25) is 0 Å². The molecule has 0 aliphatic rings. The topological polar surface area (TPSA) is 30.9 Å². The smallest absolute Gasteiger partial charge is 0.0541 e. The summed E-state index contributed by atoms with van der Waals surface area (Å²) in [5.41, 5.74) is 17.5. The lowest BCUT2D eigenvalue weighted by atomic mass is 9.91. The fourth-order valence-electron chi connectivity index (χ4n) is 5.52. The maximum atomic E-state index is 6.04. The van der Waals surface area contributed by atoms with Gasteiger partial charge in [-0.25, -0.2) is 0 Å². The van der Waals surface area contributed by atoms with Crippen LogP contribution in [0.25, 0.3) is 60.9 Å². The van der Waals surface area contributed by atoms with Crippen molar-refractivity contribution in [3.05, 3.63) is 146 Å². The molecule has 0 aliphatic carbocycles. The van der Waals surface area contributed by atoms with Gasteiger partial charge in [0.1, 0.15) is 0 Å². The van der Waals surface area contributed by atoms with Crippen molar-refractivity contribution in [2.45, 2.75) is 0 Å². The third-order valence-electron chi connectivity index (χ3n) is 7.34. The van der Waals surface area contributed by atoms with Crippen molar-refractivity contribution >= 4 is 27.5 Å². The number of nitrogens with zero attached hydrogens (tertiary/aromatic N) is 1. The molecule has 0 saturated heterocycles. The van der Waals surface area contributed by atoms with Crippen LogP contribution in [0.2, 0.25) is 0 Å². The second-order valence-corrected chi connectivity index (χ2v) is 9.67. The average molecular weight is 487 g/mol. The molecule has 0 saturated carbocycles. The number of anilines is 1. The summed E-state index contributed by atoms with van der Waals surface area (Å²) >= 11 is 0. The molecule has 2 nitrogen and oxygen atoms in total. The molecule has 0 atom stereocenters. The largest absolute Gasteiger partial charge is 0.399 e. The van der Waals surface area contributed by atoms with E-state index < -0.39 is 0 Å². The van der Waals surface area contributed by atoms with Crippen molar-refractivity contribution in [3.63, 3.8) is 0 Å². The van der Waals surface area contributed by atoms with E-state index in [2.05, 4.69) is 138 Å². The molecular formula is C36H26N2. The molecule has 1 aromatic heterocycles. The van der Waals surface area contributed by atoms with Gasteiger partial charge >= 0.3 is 0 Å². The minimum absolute atomic E-state index is 0.767. The SMILES string of the molecule is Nc1ccc(-c2cc(-c3ccccc3)ccc2-c2cccc(-n3c4ccccc4c4ccccc43)c2)cc1. The summed E-state index contributed by atoms with van der Waals surface area (Å²) in [6.45, 7) is 0. The number of hydrogen-bond donors (Lipinski definition) is 1. The average Bonchev–Trinajstić information content (AvgIpc) is 3.32. The Balaban J connectivity index is 1.44. The summed E-state index contributed by atoms with van der Waals surface area (Å²) in [7, 11) is 0. The van der Waals surface area contributed by atoms with Crippen LogP contribution in [-0.2, 0) is 0 Å². The molecule has 0 fully saturated rings. The third kappa shape index (κ3) is 3.75.